The van der Waals surface area contributed by atoms with Gasteiger partial charge in [0.05, 0.1) is 6.10 Å². The van der Waals surface area contributed by atoms with Gasteiger partial charge in [0.15, 0.2) is 6.10 Å². The van der Waals surface area contributed by atoms with Crippen LogP contribution in [0.4, 0.5) is 0 Å². The molecule has 2 rings (SSSR count). The highest BCUT2D eigenvalue weighted by Gasteiger charge is 2.20. The summed E-state index contributed by atoms with van der Waals surface area (Å²) in [5, 5.41) is 12.9. The number of unbranched alkanes of at least 4 members (excludes halogenated alkanes) is 1. The molecule has 1 aromatic rings. The van der Waals surface area contributed by atoms with Crippen molar-refractivity contribution in [3.8, 4) is 5.75 Å². The number of benzene rings is 1. The Kier molecular flexibility index (Phi) is 5.62. The summed E-state index contributed by atoms with van der Waals surface area (Å²) >= 11 is 0. The molecule has 2 atom stereocenters. The molecule has 4 heteroatoms. The van der Waals surface area contributed by atoms with Crippen LogP contribution in [0.5, 0.6) is 5.75 Å². The second-order valence-electron chi connectivity index (χ2n) is 5.67. The molecule has 4 nitrogen and oxygen atoms in total. The Morgan fingerprint density at radius 2 is 2.33 bits per heavy atom. The average Bonchev–Trinajstić information content (AvgIpc) is 2.48. The smallest absolute Gasteiger partial charge is 0.260 e. The first-order chi connectivity index (χ1) is 10.1. The van der Waals surface area contributed by atoms with Crippen LogP contribution in [0.1, 0.15) is 56.8 Å². The number of fused-ring (bicyclic) bond motifs is 1. The van der Waals surface area contributed by atoms with Crippen LogP contribution in [0.2, 0.25) is 0 Å². The fraction of sp³-hybridized carbons (Fsp3) is 0.588. The molecule has 0 fully saturated rings. The van der Waals surface area contributed by atoms with Crippen LogP contribution >= 0.6 is 0 Å². The Labute approximate surface area is 126 Å². The van der Waals surface area contributed by atoms with E-state index in [1.807, 2.05) is 18.2 Å². The number of aryl methyl sites for hydroxylation is 1. The van der Waals surface area contributed by atoms with Crippen LogP contribution < -0.4 is 10.1 Å². The van der Waals surface area contributed by atoms with Gasteiger partial charge in [-0.2, -0.15) is 0 Å². The Morgan fingerprint density at radius 3 is 3.10 bits per heavy atom. The largest absolute Gasteiger partial charge is 0.481 e. The van der Waals surface area contributed by atoms with Crippen LogP contribution in [0.25, 0.3) is 0 Å². The van der Waals surface area contributed by atoms with E-state index in [-0.39, 0.29) is 5.91 Å². The van der Waals surface area contributed by atoms with Crippen molar-refractivity contribution >= 4 is 5.91 Å². The number of aliphatic hydroxyl groups excluding tert-OH is 1. The van der Waals surface area contributed by atoms with E-state index in [9.17, 15) is 9.90 Å². The van der Waals surface area contributed by atoms with E-state index >= 15 is 0 Å². The van der Waals surface area contributed by atoms with Gasteiger partial charge in [-0.3, -0.25) is 4.79 Å². The number of rotatable bonds is 6. The number of amides is 1. The van der Waals surface area contributed by atoms with Crippen molar-refractivity contribution in [3.05, 3.63) is 29.3 Å². The zero-order valence-corrected chi connectivity index (χ0v) is 12.9. The first-order valence-electron chi connectivity index (χ1n) is 7.87. The standard InChI is InChI=1S/C17H25NO3/c1-3-4-10-18-17(20)12(2)21-14-9-8-13-6-5-7-16(19)15(13)11-14/h8-9,11-12,16,19H,3-7,10H2,1-2H3,(H,18,20)/t12?,16-/m1/s1. The fourth-order valence-corrected chi connectivity index (χ4v) is 2.62. The number of hydrogen-bond donors (Lipinski definition) is 2. The summed E-state index contributed by atoms with van der Waals surface area (Å²) in [6.45, 7) is 4.52. The lowest BCUT2D eigenvalue weighted by molar-refractivity contribution is -0.127. The van der Waals surface area contributed by atoms with Gasteiger partial charge < -0.3 is 15.2 Å². The maximum Gasteiger partial charge on any atom is 0.260 e. The monoisotopic (exact) mass is 291 g/mol. The molecule has 1 aliphatic rings. The predicted molar refractivity (Wildman–Crippen MR) is 82.3 cm³/mol. The zero-order valence-electron chi connectivity index (χ0n) is 12.9. The summed E-state index contributed by atoms with van der Waals surface area (Å²) in [5.41, 5.74) is 2.12. The molecule has 0 saturated carbocycles. The number of hydrogen-bond acceptors (Lipinski definition) is 3. The first kappa shape index (κ1) is 15.8. The summed E-state index contributed by atoms with van der Waals surface area (Å²) in [5.74, 6) is 0.551. The fourth-order valence-electron chi connectivity index (χ4n) is 2.62. The van der Waals surface area contributed by atoms with Crippen molar-refractivity contribution in [2.75, 3.05) is 6.54 Å². The molecular weight excluding hydrogens is 266 g/mol. The molecule has 21 heavy (non-hydrogen) atoms. The van der Waals surface area contributed by atoms with E-state index in [1.54, 1.807) is 6.92 Å². The van der Waals surface area contributed by atoms with Crippen molar-refractivity contribution in [2.45, 2.75) is 58.2 Å². The topological polar surface area (TPSA) is 58.6 Å². The van der Waals surface area contributed by atoms with Crippen molar-refractivity contribution in [3.63, 3.8) is 0 Å². The number of nitrogens with one attached hydrogen (secondary N) is 1. The molecule has 0 aliphatic heterocycles. The lowest BCUT2D eigenvalue weighted by atomic mass is 9.89. The molecule has 0 radical (unpaired) electrons. The van der Waals surface area contributed by atoms with Crippen LogP contribution in [-0.4, -0.2) is 23.7 Å². The van der Waals surface area contributed by atoms with Crippen molar-refractivity contribution in [2.24, 2.45) is 0 Å². The van der Waals surface area contributed by atoms with Gasteiger partial charge in [0, 0.05) is 6.54 Å². The molecule has 0 spiro atoms. The van der Waals surface area contributed by atoms with E-state index < -0.39 is 12.2 Å². The molecule has 116 valence electrons. The SMILES string of the molecule is CCCCNC(=O)C(C)Oc1ccc2c(c1)[C@H](O)CCC2. The van der Waals surface area contributed by atoms with E-state index in [4.69, 9.17) is 4.74 Å². The van der Waals surface area contributed by atoms with Crippen LogP contribution in [0.15, 0.2) is 18.2 Å². The van der Waals surface area contributed by atoms with Crippen LogP contribution in [0.3, 0.4) is 0 Å². The quantitative estimate of drug-likeness (QED) is 0.792. The van der Waals surface area contributed by atoms with Gasteiger partial charge in [0.2, 0.25) is 0 Å². The van der Waals surface area contributed by atoms with Gasteiger partial charge in [-0.1, -0.05) is 19.4 Å². The number of ether oxygens (including phenoxy) is 1. The van der Waals surface area contributed by atoms with Gasteiger partial charge in [-0.25, -0.2) is 0 Å². The van der Waals surface area contributed by atoms with E-state index in [1.165, 1.54) is 5.56 Å². The molecular formula is C17H25NO3. The van der Waals surface area contributed by atoms with E-state index in [2.05, 4.69) is 12.2 Å². The highest BCUT2D eigenvalue weighted by molar-refractivity contribution is 5.80. The Bertz CT molecular complexity index is 487. The summed E-state index contributed by atoms with van der Waals surface area (Å²) in [4.78, 5) is 11.9. The van der Waals surface area contributed by atoms with Crippen molar-refractivity contribution < 1.29 is 14.6 Å². The van der Waals surface area contributed by atoms with Crippen LogP contribution in [0, 0.1) is 0 Å². The van der Waals surface area contributed by atoms with Gasteiger partial charge in [0.25, 0.3) is 5.91 Å². The lowest BCUT2D eigenvalue weighted by Gasteiger charge is -2.23. The maximum atomic E-state index is 11.9. The van der Waals surface area contributed by atoms with Gasteiger partial charge in [-0.15, -0.1) is 0 Å². The van der Waals surface area contributed by atoms with Gasteiger partial charge >= 0.3 is 0 Å². The molecule has 0 heterocycles. The van der Waals surface area contributed by atoms with E-state index in [0.717, 1.165) is 37.7 Å². The second-order valence-corrected chi connectivity index (χ2v) is 5.67. The Hall–Kier alpha value is -1.55. The molecule has 0 saturated heterocycles. The third-order valence-electron chi connectivity index (χ3n) is 3.91. The third-order valence-corrected chi connectivity index (χ3v) is 3.91. The minimum absolute atomic E-state index is 0.0956. The average molecular weight is 291 g/mol. The Balaban J connectivity index is 1.96. The van der Waals surface area contributed by atoms with Crippen molar-refractivity contribution in [1.29, 1.82) is 0 Å². The number of aliphatic hydroxyl groups is 1. The minimum atomic E-state index is -0.527. The molecule has 1 aliphatic carbocycles. The molecule has 1 unspecified atom stereocenters. The van der Waals surface area contributed by atoms with Gasteiger partial charge in [0.1, 0.15) is 5.75 Å². The number of carbonyl (C=O) groups is 1. The maximum absolute atomic E-state index is 11.9. The zero-order chi connectivity index (χ0) is 15.2. The predicted octanol–water partition coefficient (Wildman–Crippen LogP) is 2.74. The third kappa shape index (κ3) is 4.21. The molecule has 0 bridgehead atoms. The van der Waals surface area contributed by atoms with E-state index in [0.29, 0.717) is 12.3 Å². The normalized spacial score (nSPS) is 18.7. The van der Waals surface area contributed by atoms with Crippen LogP contribution in [-0.2, 0) is 11.2 Å². The minimum Gasteiger partial charge on any atom is -0.481 e. The second kappa shape index (κ2) is 7.46. The first-order valence-corrected chi connectivity index (χ1v) is 7.87. The lowest BCUT2D eigenvalue weighted by Crippen LogP contribution is -2.36. The summed E-state index contributed by atoms with van der Waals surface area (Å²) < 4.78 is 5.70. The number of carbonyl (C=O) groups excluding carboxylic acids is 1. The highest BCUT2D eigenvalue weighted by Crippen LogP contribution is 2.32. The highest BCUT2D eigenvalue weighted by atomic mass is 16.5. The van der Waals surface area contributed by atoms with Crippen molar-refractivity contribution in [1.82, 2.24) is 5.32 Å². The molecule has 1 amide bonds. The van der Waals surface area contributed by atoms with Gasteiger partial charge in [-0.05, 0) is 55.9 Å². The molecule has 2 N–H and O–H groups in total. The Morgan fingerprint density at radius 1 is 1.52 bits per heavy atom. The summed E-state index contributed by atoms with van der Waals surface area (Å²) in [7, 11) is 0. The summed E-state index contributed by atoms with van der Waals surface area (Å²) in [6.07, 6.45) is 3.90. The summed E-state index contributed by atoms with van der Waals surface area (Å²) in [6, 6.07) is 5.75. The molecule has 1 aromatic carbocycles. The molecule has 0 aromatic heterocycles.